The first-order valence-corrected chi connectivity index (χ1v) is 10.7. The van der Waals surface area contributed by atoms with Crippen LogP contribution in [-0.4, -0.2) is 54.7 Å². The monoisotopic (exact) mass is 394 g/mol. The topological polar surface area (TPSA) is 59.1 Å². The number of para-hydroxylation sites is 1. The fraction of sp³-hybridized carbons (Fsp3) is 0.565. The Hall–Kier alpha value is -2.34. The lowest BCUT2D eigenvalue weighted by Crippen LogP contribution is -2.65. The number of piperidine rings is 1. The SMILES string of the molecule is CC(=O)OCC(=O)N1c2ccccc2[C@]23CCN4C[C@@H]5[C@H](C[C@H]42)C(=CO[C@@H]5C)[C@H]13. The van der Waals surface area contributed by atoms with Gasteiger partial charge in [-0.1, -0.05) is 18.2 Å². The number of esters is 1. The standard InChI is InChI=1S/C23H26N2O4/c1-13-16-10-24-8-7-23-18-5-3-4-6-19(18)25(21(27)12-29-14(2)26)22(23)17(11-28-13)15(16)9-20(23)24/h3-6,11,13,15-16,20,22H,7-10,12H2,1-2H3/t13-,15+,16+,20+,22+,23-/m1/s1. The molecule has 4 heterocycles. The van der Waals surface area contributed by atoms with Gasteiger partial charge in [0.25, 0.3) is 5.91 Å². The summed E-state index contributed by atoms with van der Waals surface area (Å²) in [5.74, 6) is 0.345. The molecule has 2 saturated heterocycles. The van der Waals surface area contributed by atoms with E-state index >= 15 is 0 Å². The summed E-state index contributed by atoms with van der Waals surface area (Å²) in [7, 11) is 0. The molecule has 0 aromatic heterocycles. The number of hydrogen-bond acceptors (Lipinski definition) is 5. The van der Waals surface area contributed by atoms with Gasteiger partial charge in [0.1, 0.15) is 0 Å². The highest BCUT2D eigenvalue weighted by atomic mass is 16.5. The Bertz CT molecular complexity index is 943. The third-order valence-corrected chi connectivity index (χ3v) is 8.13. The van der Waals surface area contributed by atoms with Crippen molar-refractivity contribution in [2.75, 3.05) is 24.6 Å². The molecule has 0 unspecified atom stereocenters. The van der Waals surface area contributed by atoms with E-state index in [2.05, 4.69) is 24.0 Å². The zero-order chi connectivity index (χ0) is 19.9. The van der Waals surface area contributed by atoms with Crippen LogP contribution in [0.4, 0.5) is 5.69 Å². The molecular weight excluding hydrogens is 368 g/mol. The number of carbonyl (C=O) groups is 2. The Morgan fingerprint density at radius 1 is 1.31 bits per heavy atom. The molecule has 1 aliphatic carbocycles. The average Bonchev–Trinajstić information content (AvgIpc) is 3.25. The van der Waals surface area contributed by atoms with Gasteiger partial charge in [0.2, 0.25) is 0 Å². The molecule has 2 bridgehead atoms. The first-order chi connectivity index (χ1) is 14.0. The van der Waals surface area contributed by atoms with Gasteiger partial charge in [-0.05, 0) is 49.4 Å². The predicted molar refractivity (Wildman–Crippen MR) is 106 cm³/mol. The molecule has 3 fully saturated rings. The number of amides is 1. The molecule has 1 spiro atoms. The number of nitrogens with zero attached hydrogens (tertiary/aromatic N) is 2. The molecule has 152 valence electrons. The van der Waals surface area contributed by atoms with Crippen molar-refractivity contribution in [1.82, 2.24) is 4.90 Å². The van der Waals surface area contributed by atoms with Crippen molar-refractivity contribution in [3.05, 3.63) is 41.7 Å². The van der Waals surface area contributed by atoms with Crippen molar-refractivity contribution in [3.8, 4) is 0 Å². The van der Waals surface area contributed by atoms with Crippen molar-refractivity contribution in [2.24, 2.45) is 11.8 Å². The van der Waals surface area contributed by atoms with E-state index in [1.165, 1.54) is 18.1 Å². The Labute approximate surface area is 170 Å². The van der Waals surface area contributed by atoms with E-state index < -0.39 is 5.97 Å². The molecule has 0 radical (unpaired) electrons. The first-order valence-electron chi connectivity index (χ1n) is 10.7. The first kappa shape index (κ1) is 17.5. The molecule has 29 heavy (non-hydrogen) atoms. The summed E-state index contributed by atoms with van der Waals surface area (Å²) in [6.07, 6.45) is 4.34. The normalized spacial score (nSPS) is 38.6. The Morgan fingerprint density at radius 3 is 2.97 bits per heavy atom. The van der Waals surface area contributed by atoms with E-state index in [1.54, 1.807) is 0 Å². The molecule has 6 heteroatoms. The number of ether oxygens (including phenoxy) is 2. The smallest absolute Gasteiger partial charge is 0.303 e. The van der Waals surface area contributed by atoms with Gasteiger partial charge in [-0.15, -0.1) is 0 Å². The van der Waals surface area contributed by atoms with Gasteiger partial charge in [-0.3, -0.25) is 14.5 Å². The Balaban J connectivity index is 1.53. The number of rotatable bonds is 2. The summed E-state index contributed by atoms with van der Waals surface area (Å²) in [4.78, 5) is 29.3. The van der Waals surface area contributed by atoms with Crippen LogP contribution in [0.1, 0.15) is 32.3 Å². The van der Waals surface area contributed by atoms with Gasteiger partial charge in [-0.2, -0.15) is 0 Å². The minimum Gasteiger partial charge on any atom is -0.498 e. The van der Waals surface area contributed by atoms with Crippen molar-refractivity contribution in [3.63, 3.8) is 0 Å². The van der Waals surface area contributed by atoms with Crippen LogP contribution in [-0.2, 0) is 24.5 Å². The molecule has 1 aromatic carbocycles. The van der Waals surface area contributed by atoms with E-state index in [-0.39, 0.29) is 30.1 Å². The van der Waals surface area contributed by atoms with Gasteiger partial charge in [0, 0.05) is 36.5 Å². The summed E-state index contributed by atoms with van der Waals surface area (Å²) in [6, 6.07) is 8.72. The van der Waals surface area contributed by atoms with E-state index in [1.807, 2.05) is 23.3 Å². The van der Waals surface area contributed by atoms with E-state index in [0.29, 0.717) is 17.9 Å². The minimum atomic E-state index is -0.429. The van der Waals surface area contributed by atoms with Gasteiger partial charge in [-0.25, -0.2) is 0 Å². The second kappa shape index (κ2) is 5.85. The zero-order valence-corrected chi connectivity index (χ0v) is 16.8. The summed E-state index contributed by atoms with van der Waals surface area (Å²) in [6.45, 7) is 5.43. The third-order valence-electron chi connectivity index (χ3n) is 8.13. The molecule has 6 rings (SSSR count). The fourth-order valence-corrected chi connectivity index (χ4v) is 7.05. The van der Waals surface area contributed by atoms with Crippen LogP contribution in [0.3, 0.4) is 0 Å². The number of benzene rings is 1. The second-order valence-corrected chi connectivity index (χ2v) is 9.23. The van der Waals surface area contributed by atoms with Crippen LogP contribution in [0.2, 0.25) is 0 Å². The van der Waals surface area contributed by atoms with Crippen molar-refractivity contribution in [1.29, 1.82) is 0 Å². The van der Waals surface area contributed by atoms with Crippen LogP contribution < -0.4 is 4.90 Å². The van der Waals surface area contributed by atoms with Crippen LogP contribution in [0.25, 0.3) is 0 Å². The van der Waals surface area contributed by atoms with Gasteiger partial charge < -0.3 is 14.4 Å². The molecule has 1 amide bonds. The van der Waals surface area contributed by atoms with Crippen LogP contribution in [0, 0.1) is 11.8 Å². The summed E-state index contributed by atoms with van der Waals surface area (Å²) < 4.78 is 11.2. The summed E-state index contributed by atoms with van der Waals surface area (Å²) >= 11 is 0. The summed E-state index contributed by atoms with van der Waals surface area (Å²) in [5, 5.41) is 0. The Kier molecular flexibility index (Phi) is 3.53. The minimum absolute atomic E-state index is 0.0491. The maximum atomic E-state index is 13.4. The highest BCUT2D eigenvalue weighted by Crippen LogP contribution is 2.64. The number of anilines is 1. The fourth-order valence-electron chi connectivity index (χ4n) is 7.05. The average molecular weight is 394 g/mol. The number of carbonyl (C=O) groups excluding carboxylic acids is 2. The largest absolute Gasteiger partial charge is 0.498 e. The van der Waals surface area contributed by atoms with E-state index in [0.717, 1.165) is 31.6 Å². The molecule has 1 aromatic rings. The van der Waals surface area contributed by atoms with E-state index in [9.17, 15) is 9.59 Å². The van der Waals surface area contributed by atoms with Gasteiger partial charge in [0.15, 0.2) is 6.61 Å². The number of fused-ring (bicyclic) bond motifs is 2. The lowest BCUT2D eigenvalue weighted by atomic mass is 9.56. The molecular formula is C23H26N2O4. The van der Waals surface area contributed by atoms with Crippen LogP contribution >= 0.6 is 0 Å². The maximum Gasteiger partial charge on any atom is 0.303 e. The Morgan fingerprint density at radius 2 is 2.14 bits per heavy atom. The van der Waals surface area contributed by atoms with Crippen LogP contribution in [0.5, 0.6) is 0 Å². The van der Waals surface area contributed by atoms with Crippen molar-refractivity contribution < 1.29 is 19.1 Å². The van der Waals surface area contributed by atoms with Crippen molar-refractivity contribution in [2.45, 2.75) is 50.3 Å². The molecule has 5 aliphatic rings. The van der Waals surface area contributed by atoms with Gasteiger partial charge in [0.05, 0.1) is 18.4 Å². The molecule has 4 aliphatic heterocycles. The second-order valence-electron chi connectivity index (χ2n) is 9.23. The molecule has 1 saturated carbocycles. The third kappa shape index (κ3) is 2.10. The zero-order valence-electron chi connectivity index (χ0n) is 16.8. The lowest BCUT2D eigenvalue weighted by Gasteiger charge is -2.57. The van der Waals surface area contributed by atoms with E-state index in [4.69, 9.17) is 9.47 Å². The quantitative estimate of drug-likeness (QED) is 0.720. The molecule has 6 nitrogen and oxygen atoms in total. The van der Waals surface area contributed by atoms with Gasteiger partial charge >= 0.3 is 5.97 Å². The molecule has 6 atom stereocenters. The summed E-state index contributed by atoms with van der Waals surface area (Å²) in [5.41, 5.74) is 3.41. The lowest BCUT2D eigenvalue weighted by molar-refractivity contribution is -0.145. The highest BCUT2D eigenvalue weighted by Gasteiger charge is 2.68. The van der Waals surface area contributed by atoms with Crippen molar-refractivity contribution >= 4 is 17.6 Å². The molecule has 0 N–H and O–H groups in total. The van der Waals surface area contributed by atoms with Crippen LogP contribution in [0.15, 0.2) is 36.1 Å². The maximum absolute atomic E-state index is 13.4. The highest BCUT2D eigenvalue weighted by molar-refractivity contribution is 6.00. The predicted octanol–water partition coefficient (Wildman–Crippen LogP) is 2.23. The number of hydrogen-bond donors (Lipinski definition) is 0.